The van der Waals surface area contributed by atoms with Gasteiger partial charge in [-0.2, -0.15) is 0 Å². The molecule has 1 heterocycles. The van der Waals surface area contributed by atoms with Crippen LogP contribution >= 0.6 is 11.6 Å². The molecule has 1 N–H and O–H groups in total. The van der Waals surface area contributed by atoms with Crippen LogP contribution in [0.1, 0.15) is 18.1 Å². The fraction of sp³-hybridized carbons (Fsp3) is 0.368. The number of anilines is 1. The average molecular weight is 413 g/mol. The molecule has 0 fully saturated rings. The van der Waals surface area contributed by atoms with Crippen molar-refractivity contribution in [3.05, 3.63) is 52.3 Å². The second-order valence-electron chi connectivity index (χ2n) is 6.75. The van der Waals surface area contributed by atoms with Crippen LogP contribution in [0.15, 0.2) is 35.2 Å². The molecule has 0 saturated heterocycles. The summed E-state index contributed by atoms with van der Waals surface area (Å²) in [5.74, 6) is -0.212. The molecule has 0 radical (unpaired) electrons. The highest BCUT2D eigenvalue weighted by atomic mass is 35.5. The average Bonchev–Trinajstić information content (AvgIpc) is 2.62. The Bertz CT molecular complexity index is 964. The maximum Gasteiger partial charge on any atom is 0.265 e. The summed E-state index contributed by atoms with van der Waals surface area (Å²) in [7, 11) is 0.0377. The Morgan fingerprint density at radius 1 is 1.30 bits per heavy atom. The predicted octanol–water partition coefficient (Wildman–Crippen LogP) is 3.71. The minimum absolute atomic E-state index is 0.0763. The normalized spacial score (nSPS) is 16.7. The van der Waals surface area contributed by atoms with E-state index < -0.39 is 15.8 Å². The van der Waals surface area contributed by atoms with Crippen LogP contribution in [-0.2, 0) is 22.9 Å². The molecule has 1 aliphatic heterocycles. The highest BCUT2D eigenvalue weighted by Gasteiger charge is 2.30. The molecule has 146 valence electrons. The summed E-state index contributed by atoms with van der Waals surface area (Å²) in [6.07, 6.45) is 1.50. The van der Waals surface area contributed by atoms with Crippen molar-refractivity contribution < 1.29 is 17.5 Å². The molecule has 0 bridgehead atoms. The minimum atomic E-state index is -3.92. The largest absolute Gasteiger partial charge is 0.490 e. The summed E-state index contributed by atoms with van der Waals surface area (Å²) >= 11 is 5.75. The summed E-state index contributed by atoms with van der Waals surface area (Å²) < 4.78 is 47.6. The van der Waals surface area contributed by atoms with Crippen LogP contribution < -0.4 is 9.46 Å². The number of ether oxygens (including phenoxy) is 1. The maximum absolute atomic E-state index is 13.3. The predicted molar refractivity (Wildman–Crippen MR) is 105 cm³/mol. The molecule has 0 spiro atoms. The number of halogens is 2. The number of hydrogen-bond donors (Lipinski definition) is 1. The third kappa shape index (κ3) is 4.05. The van der Waals surface area contributed by atoms with Crippen LogP contribution in [0.5, 0.6) is 5.75 Å². The van der Waals surface area contributed by atoms with Gasteiger partial charge in [-0.3, -0.25) is 4.72 Å². The fourth-order valence-electron chi connectivity index (χ4n) is 3.15. The minimum Gasteiger partial charge on any atom is -0.490 e. The lowest BCUT2D eigenvalue weighted by atomic mass is 9.95. The first-order chi connectivity index (χ1) is 12.7. The quantitative estimate of drug-likeness (QED) is 0.813. The monoisotopic (exact) mass is 412 g/mol. The SMILES string of the molecule is CCc1ccc(S(=O)(=O)Nc2ccc(F)c(Cl)c2)c2c1CC(N(C)C)CO2. The van der Waals surface area contributed by atoms with Gasteiger partial charge in [-0.1, -0.05) is 24.6 Å². The maximum atomic E-state index is 13.3. The molecule has 1 unspecified atom stereocenters. The molecule has 2 aromatic rings. The molecule has 1 atom stereocenters. The van der Waals surface area contributed by atoms with Gasteiger partial charge in [0.15, 0.2) is 0 Å². The van der Waals surface area contributed by atoms with Gasteiger partial charge in [-0.05, 0) is 56.8 Å². The number of aryl methyl sites for hydroxylation is 1. The van der Waals surface area contributed by atoms with Crippen molar-refractivity contribution >= 4 is 27.3 Å². The second-order valence-corrected chi connectivity index (χ2v) is 8.81. The first kappa shape index (κ1) is 19.9. The first-order valence-corrected chi connectivity index (χ1v) is 10.5. The van der Waals surface area contributed by atoms with Gasteiger partial charge in [0.25, 0.3) is 10.0 Å². The Hall–Kier alpha value is -1.83. The van der Waals surface area contributed by atoms with E-state index in [1.165, 1.54) is 12.1 Å². The molecular formula is C19H22ClFN2O3S. The van der Waals surface area contributed by atoms with Crippen LogP contribution in [-0.4, -0.2) is 40.1 Å². The molecule has 5 nitrogen and oxygen atoms in total. The fourth-order valence-corrected chi connectivity index (χ4v) is 4.55. The van der Waals surface area contributed by atoms with Gasteiger partial charge in [0.2, 0.25) is 0 Å². The number of sulfonamides is 1. The van der Waals surface area contributed by atoms with Crippen molar-refractivity contribution in [1.29, 1.82) is 0 Å². The molecule has 27 heavy (non-hydrogen) atoms. The van der Waals surface area contributed by atoms with E-state index in [1.54, 1.807) is 6.07 Å². The molecule has 1 aliphatic rings. The summed E-state index contributed by atoms with van der Waals surface area (Å²) in [5.41, 5.74) is 2.18. The number of nitrogens with one attached hydrogen (secondary N) is 1. The standard InChI is InChI=1S/C19H22ClFN2O3S/c1-4-12-5-8-18(19-15(12)10-14(11-26-19)23(2)3)27(24,25)22-13-6-7-17(21)16(20)9-13/h5-9,14,22H,4,10-11H2,1-3H3. The number of nitrogens with zero attached hydrogens (tertiary/aromatic N) is 1. The van der Waals surface area contributed by atoms with Crippen LogP contribution in [0.3, 0.4) is 0 Å². The van der Waals surface area contributed by atoms with E-state index in [9.17, 15) is 12.8 Å². The van der Waals surface area contributed by atoms with Crippen molar-refractivity contribution in [2.24, 2.45) is 0 Å². The van der Waals surface area contributed by atoms with Gasteiger partial charge in [0.1, 0.15) is 23.1 Å². The molecule has 0 aliphatic carbocycles. The lowest BCUT2D eigenvalue weighted by Crippen LogP contribution is -2.39. The molecule has 8 heteroatoms. The third-order valence-electron chi connectivity index (χ3n) is 4.75. The van der Waals surface area contributed by atoms with E-state index in [1.807, 2.05) is 27.1 Å². The molecule has 0 amide bonds. The molecule has 2 aromatic carbocycles. The topological polar surface area (TPSA) is 58.6 Å². The summed E-state index contributed by atoms with van der Waals surface area (Å²) in [5, 5.41) is -0.149. The van der Waals surface area contributed by atoms with Gasteiger partial charge in [-0.25, -0.2) is 12.8 Å². The van der Waals surface area contributed by atoms with Crippen LogP contribution in [0, 0.1) is 5.82 Å². The third-order valence-corrected chi connectivity index (χ3v) is 6.45. The Morgan fingerprint density at radius 2 is 2.04 bits per heavy atom. The van der Waals surface area contributed by atoms with E-state index in [0.29, 0.717) is 12.4 Å². The summed E-state index contributed by atoms with van der Waals surface area (Å²) in [6, 6.07) is 7.25. The Morgan fingerprint density at radius 3 is 2.67 bits per heavy atom. The highest BCUT2D eigenvalue weighted by molar-refractivity contribution is 7.92. The number of rotatable bonds is 5. The Labute approximate surface area is 164 Å². The van der Waals surface area contributed by atoms with Gasteiger partial charge < -0.3 is 9.64 Å². The van der Waals surface area contributed by atoms with E-state index in [2.05, 4.69) is 9.62 Å². The highest BCUT2D eigenvalue weighted by Crippen LogP contribution is 2.36. The zero-order valence-corrected chi connectivity index (χ0v) is 17.0. The number of fused-ring (bicyclic) bond motifs is 1. The van der Waals surface area contributed by atoms with Gasteiger partial charge >= 0.3 is 0 Å². The molecule has 0 aromatic heterocycles. The van der Waals surface area contributed by atoms with E-state index in [4.69, 9.17) is 16.3 Å². The molecule has 0 saturated carbocycles. The van der Waals surface area contributed by atoms with Gasteiger partial charge in [0.05, 0.1) is 10.7 Å². The van der Waals surface area contributed by atoms with E-state index in [-0.39, 0.29) is 21.6 Å². The van der Waals surface area contributed by atoms with Gasteiger partial charge in [0, 0.05) is 11.6 Å². The van der Waals surface area contributed by atoms with Crippen molar-refractivity contribution in [3.63, 3.8) is 0 Å². The van der Waals surface area contributed by atoms with E-state index >= 15 is 0 Å². The van der Waals surface area contributed by atoms with Crippen LogP contribution in [0.2, 0.25) is 5.02 Å². The first-order valence-electron chi connectivity index (χ1n) is 8.64. The molecule has 3 rings (SSSR count). The molecular weight excluding hydrogens is 391 g/mol. The second kappa shape index (κ2) is 7.66. The van der Waals surface area contributed by atoms with Crippen LogP contribution in [0.4, 0.5) is 10.1 Å². The smallest absolute Gasteiger partial charge is 0.265 e. The van der Waals surface area contributed by atoms with Gasteiger partial charge in [-0.15, -0.1) is 0 Å². The van der Waals surface area contributed by atoms with Crippen LogP contribution in [0.25, 0.3) is 0 Å². The lowest BCUT2D eigenvalue weighted by molar-refractivity contribution is 0.161. The Balaban J connectivity index is 2.01. The zero-order chi connectivity index (χ0) is 19.8. The summed E-state index contributed by atoms with van der Waals surface area (Å²) in [4.78, 5) is 2.15. The number of likely N-dealkylation sites (N-methyl/N-ethyl adjacent to an activating group) is 1. The summed E-state index contributed by atoms with van der Waals surface area (Å²) in [6.45, 7) is 2.44. The van der Waals surface area contributed by atoms with Crippen molar-refractivity contribution in [2.75, 3.05) is 25.4 Å². The Kier molecular flexibility index (Phi) is 5.65. The van der Waals surface area contributed by atoms with Crippen molar-refractivity contribution in [2.45, 2.75) is 30.7 Å². The number of hydrogen-bond acceptors (Lipinski definition) is 4. The van der Waals surface area contributed by atoms with E-state index in [0.717, 1.165) is 30.0 Å². The zero-order valence-electron chi connectivity index (χ0n) is 15.4. The number of benzene rings is 2. The van der Waals surface area contributed by atoms with Crippen molar-refractivity contribution in [1.82, 2.24) is 4.90 Å². The lowest BCUT2D eigenvalue weighted by Gasteiger charge is -2.32. The van der Waals surface area contributed by atoms with Crippen molar-refractivity contribution in [3.8, 4) is 5.75 Å².